The highest BCUT2D eigenvalue weighted by atomic mass is 16.3. The molecule has 0 amide bonds. The maximum atomic E-state index is 10.3. The van der Waals surface area contributed by atoms with Gasteiger partial charge in [-0.1, -0.05) is 6.07 Å². The number of hydrogen-bond donors (Lipinski definition) is 1. The maximum Gasteiger partial charge on any atom is 0.105 e. The van der Waals surface area contributed by atoms with Gasteiger partial charge in [0.25, 0.3) is 0 Å². The molecule has 1 fully saturated rings. The number of pyridine rings is 1. The standard InChI is InChI=1S/C17H24N4O/c1-14-18-7-10-21(14)9-4-8-20-12-15(17(22)13-20)11-16-5-2-3-6-19-16/h2-3,5-7,10,15,17,22H,4,8-9,11-13H2,1H3/t15-,17-/m1/s1. The molecule has 0 aliphatic carbocycles. The molecule has 22 heavy (non-hydrogen) atoms. The van der Waals surface area contributed by atoms with Crippen molar-refractivity contribution in [3.8, 4) is 0 Å². The van der Waals surface area contributed by atoms with Crippen LogP contribution in [0.5, 0.6) is 0 Å². The van der Waals surface area contributed by atoms with E-state index in [0.717, 1.165) is 50.5 Å². The van der Waals surface area contributed by atoms with Crippen LogP contribution in [-0.4, -0.2) is 50.3 Å². The zero-order valence-electron chi connectivity index (χ0n) is 13.1. The fraction of sp³-hybridized carbons (Fsp3) is 0.529. The number of aromatic nitrogens is 3. The minimum atomic E-state index is -0.239. The number of β-amino-alcohol motifs (C(OH)–C–C–N with tert-alkyl or cyclic N) is 1. The Morgan fingerprint density at radius 2 is 2.09 bits per heavy atom. The zero-order valence-corrected chi connectivity index (χ0v) is 13.1. The van der Waals surface area contributed by atoms with Crippen LogP contribution in [0.3, 0.4) is 0 Å². The summed E-state index contributed by atoms with van der Waals surface area (Å²) in [6.45, 7) is 5.78. The van der Waals surface area contributed by atoms with E-state index in [4.69, 9.17) is 0 Å². The first kappa shape index (κ1) is 15.2. The van der Waals surface area contributed by atoms with Gasteiger partial charge in [-0.15, -0.1) is 0 Å². The largest absolute Gasteiger partial charge is 0.391 e. The van der Waals surface area contributed by atoms with Crippen LogP contribution >= 0.6 is 0 Å². The van der Waals surface area contributed by atoms with Crippen molar-refractivity contribution in [2.75, 3.05) is 19.6 Å². The summed E-state index contributed by atoms with van der Waals surface area (Å²) in [6.07, 6.45) is 7.40. The molecule has 0 aromatic carbocycles. The number of likely N-dealkylation sites (tertiary alicyclic amines) is 1. The third-order valence-corrected chi connectivity index (χ3v) is 4.48. The van der Waals surface area contributed by atoms with Gasteiger partial charge in [-0.2, -0.15) is 0 Å². The Bertz CT molecular complexity index is 583. The molecule has 5 nitrogen and oxygen atoms in total. The number of hydrogen-bond acceptors (Lipinski definition) is 4. The van der Waals surface area contributed by atoms with Crippen LogP contribution in [0.4, 0.5) is 0 Å². The van der Waals surface area contributed by atoms with Gasteiger partial charge < -0.3 is 14.6 Å². The molecule has 0 radical (unpaired) electrons. The van der Waals surface area contributed by atoms with Crippen molar-refractivity contribution in [1.29, 1.82) is 0 Å². The van der Waals surface area contributed by atoms with Gasteiger partial charge in [-0.05, 0) is 38.4 Å². The lowest BCUT2D eigenvalue weighted by Crippen LogP contribution is -2.24. The summed E-state index contributed by atoms with van der Waals surface area (Å²) in [4.78, 5) is 11.0. The lowest BCUT2D eigenvalue weighted by atomic mass is 10.00. The van der Waals surface area contributed by atoms with Gasteiger partial charge >= 0.3 is 0 Å². The maximum absolute atomic E-state index is 10.3. The van der Waals surface area contributed by atoms with E-state index >= 15 is 0 Å². The monoisotopic (exact) mass is 300 g/mol. The summed E-state index contributed by atoms with van der Waals surface area (Å²) < 4.78 is 2.18. The Balaban J connectivity index is 1.45. The Kier molecular flexibility index (Phi) is 4.85. The van der Waals surface area contributed by atoms with Gasteiger partial charge in [-0.3, -0.25) is 4.98 Å². The second-order valence-corrected chi connectivity index (χ2v) is 6.13. The van der Waals surface area contributed by atoms with Crippen molar-refractivity contribution in [1.82, 2.24) is 19.4 Å². The topological polar surface area (TPSA) is 54.2 Å². The summed E-state index contributed by atoms with van der Waals surface area (Å²) in [7, 11) is 0. The predicted octanol–water partition coefficient (Wildman–Crippen LogP) is 1.51. The Morgan fingerprint density at radius 1 is 1.18 bits per heavy atom. The molecule has 1 N–H and O–H groups in total. The molecule has 1 saturated heterocycles. The Morgan fingerprint density at radius 3 is 2.82 bits per heavy atom. The smallest absolute Gasteiger partial charge is 0.105 e. The van der Waals surface area contributed by atoms with Gasteiger partial charge in [-0.25, -0.2) is 4.98 Å². The van der Waals surface area contributed by atoms with E-state index in [2.05, 4.69) is 19.4 Å². The molecule has 1 aliphatic rings. The van der Waals surface area contributed by atoms with Crippen LogP contribution in [0, 0.1) is 12.8 Å². The van der Waals surface area contributed by atoms with Crippen molar-refractivity contribution in [3.63, 3.8) is 0 Å². The summed E-state index contributed by atoms with van der Waals surface area (Å²) in [5, 5.41) is 10.3. The van der Waals surface area contributed by atoms with E-state index in [1.165, 1.54) is 0 Å². The van der Waals surface area contributed by atoms with Crippen LogP contribution in [-0.2, 0) is 13.0 Å². The van der Waals surface area contributed by atoms with Crippen molar-refractivity contribution >= 4 is 0 Å². The highest BCUT2D eigenvalue weighted by molar-refractivity contribution is 5.06. The quantitative estimate of drug-likeness (QED) is 0.878. The van der Waals surface area contributed by atoms with Crippen LogP contribution in [0.2, 0.25) is 0 Å². The lowest BCUT2D eigenvalue weighted by molar-refractivity contribution is 0.141. The van der Waals surface area contributed by atoms with Crippen LogP contribution in [0.25, 0.3) is 0 Å². The molecule has 1 aliphatic heterocycles. The number of aryl methyl sites for hydroxylation is 2. The van der Waals surface area contributed by atoms with E-state index in [0.29, 0.717) is 5.92 Å². The molecule has 0 saturated carbocycles. The van der Waals surface area contributed by atoms with Crippen LogP contribution < -0.4 is 0 Å². The summed E-state index contributed by atoms with van der Waals surface area (Å²) in [5.41, 5.74) is 1.07. The van der Waals surface area contributed by atoms with E-state index in [-0.39, 0.29) is 6.10 Å². The van der Waals surface area contributed by atoms with Gasteiger partial charge in [0.05, 0.1) is 6.10 Å². The first-order chi connectivity index (χ1) is 10.7. The minimum absolute atomic E-state index is 0.239. The molecular formula is C17H24N4O. The van der Waals surface area contributed by atoms with Gasteiger partial charge in [0.15, 0.2) is 0 Å². The summed E-state index contributed by atoms with van der Waals surface area (Å²) >= 11 is 0. The number of imidazole rings is 1. The highest BCUT2D eigenvalue weighted by Crippen LogP contribution is 2.21. The molecule has 2 aromatic heterocycles. The molecule has 5 heteroatoms. The number of aliphatic hydroxyl groups excluding tert-OH is 1. The molecule has 2 atom stereocenters. The van der Waals surface area contributed by atoms with Crippen molar-refractivity contribution in [2.45, 2.75) is 32.4 Å². The highest BCUT2D eigenvalue weighted by Gasteiger charge is 2.31. The fourth-order valence-corrected chi connectivity index (χ4v) is 3.22. The van der Waals surface area contributed by atoms with Gasteiger partial charge in [0.1, 0.15) is 5.82 Å². The van der Waals surface area contributed by atoms with Crippen molar-refractivity contribution in [2.24, 2.45) is 5.92 Å². The van der Waals surface area contributed by atoms with Gasteiger partial charge in [0, 0.05) is 49.8 Å². The first-order valence-corrected chi connectivity index (χ1v) is 8.00. The van der Waals surface area contributed by atoms with Crippen LogP contribution in [0.1, 0.15) is 17.9 Å². The third kappa shape index (κ3) is 3.72. The number of nitrogens with zero attached hydrogens (tertiary/aromatic N) is 4. The summed E-state index contributed by atoms with van der Waals surface area (Å²) in [5.74, 6) is 1.36. The van der Waals surface area contributed by atoms with Gasteiger partial charge in [0.2, 0.25) is 0 Å². The molecule has 0 bridgehead atoms. The summed E-state index contributed by atoms with van der Waals surface area (Å²) in [6, 6.07) is 5.98. The average molecular weight is 300 g/mol. The van der Waals surface area contributed by atoms with E-state index in [1.807, 2.05) is 43.7 Å². The second-order valence-electron chi connectivity index (χ2n) is 6.13. The molecule has 2 aromatic rings. The van der Waals surface area contributed by atoms with Crippen molar-refractivity contribution < 1.29 is 5.11 Å². The Labute approximate surface area is 131 Å². The fourth-order valence-electron chi connectivity index (χ4n) is 3.22. The molecule has 3 rings (SSSR count). The molecule has 0 spiro atoms. The van der Waals surface area contributed by atoms with E-state index in [9.17, 15) is 5.11 Å². The second kappa shape index (κ2) is 7.03. The molecule has 118 valence electrons. The first-order valence-electron chi connectivity index (χ1n) is 8.00. The molecule has 3 heterocycles. The minimum Gasteiger partial charge on any atom is -0.391 e. The number of rotatable bonds is 6. The predicted molar refractivity (Wildman–Crippen MR) is 85.5 cm³/mol. The normalized spacial score (nSPS) is 22.3. The lowest BCUT2D eigenvalue weighted by Gasteiger charge is -2.15. The number of aliphatic hydroxyl groups is 1. The van der Waals surface area contributed by atoms with E-state index in [1.54, 1.807) is 0 Å². The zero-order chi connectivity index (χ0) is 15.4. The SMILES string of the molecule is Cc1nccn1CCCN1C[C@@H](Cc2ccccn2)[C@H](O)C1. The van der Waals surface area contributed by atoms with Crippen molar-refractivity contribution in [3.05, 3.63) is 48.3 Å². The van der Waals surface area contributed by atoms with Crippen LogP contribution in [0.15, 0.2) is 36.8 Å². The van der Waals surface area contributed by atoms with E-state index < -0.39 is 0 Å². The molecular weight excluding hydrogens is 276 g/mol. The average Bonchev–Trinajstić information content (AvgIpc) is 3.07. The molecule has 0 unspecified atom stereocenters. The Hall–Kier alpha value is -1.72. The third-order valence-electron chi connectivity index (χ3n) is 4.48.